The van der Waals surface area contributed by atoms with Gasteiger partial charge in [-0.05, 0) is 19.4 Å². The fourth-order valence-corrected chi connectivity index (χ4v) is 2.52. The van der Waals surface area contributed by atoms with E-state index in [4.69, 9.17) is 5.73 Å². The smallest absolute Gasteiger partial charge is 0.102 e. The molecule has 1 rings (SSSR count). The second-order valence-electron chi connectivity index (χ2n) is 3.90. The fourth-order valence-electron chi connectivity index (χ4n) is 2.52. The predicted molar refractivity (Wildman–Crippen MR) is 53.5 cm³/mol. The number of halogens is 1. The highest BCUT2D eigenvalue weighted by atomic mass is 19.1. The molecule has 1 fully saturated rings. The van der Waals surface area contributed by atoms with Gasteiger partial charge in [0, 0.05) is 18.6 Å². The Balaban J connectivity index is 2.60. The highest BCUT2D eigenvalue weighted by Crippen LogP contribution is 2.34. The Bertz CT molecular complexity index is 144. The highest BCUT2D eigenvalue weighted by Gasteiger charge is 2.37. The van der Waals surface area contributed by atoms with Crippen LogP contribution in [0.2, 0.25) is 0 Å². The molecule has 0 radical (unpaired) electrons. The first-order valence-corrected chi connectivity index (χ1v) is 5.30. The average Bonchev–Trinajstić information content (AvgIpc) is 2.63. The quantitative estimate of drug-likeness (QED) is 0.709. The lowest BCUT2D eigenvalue weighted by Gasteiger charge is -2.39. The summed E-state index contributed by atoms with van der Waals surface area (Å²) in [5, 5.41) is 0. The van der Waals surface area contributed by atoms with Crippen LogP contribution in [0.15, 0.2) is 0 Å². The van der Waals surface area contributed by atoms with Gasteiger partial charge in [-0.25, -0.2) is 4.39 Å². The van der Waals surface area contributed by atoms with Crippen LogP contribution < -0.4 is 5.73 Å². The number of nitrogens with zero attached hydrogens (tertiary/aromatic N) is 1. The van der Waals surface area contributed by atoms with Gasteiger partial charge in [-0.2, -0.15) is 0 Å². The third-order valence-electron chi connectivity index (χ3n) is 3.32. The van der Waals surface area contributed by atoms with E-state index in [9.17, 15) is 4.39 Å². The molecule has 2 nitrogen and oxygen atoms in total. The Hall–Kier alpha value is -0.150. The van der Waals surface area contributed by atoms with E-state index >= 15 is 0 Å². The van der Waals surface area contributed by atoms with Gasteiger partial charge in [-0.1, -0.05) is 19.8 Å². The molecule has 0 spiro atoms. The van der Waals surface area contributed by atoms with E-state index < -0.39 is 0 Å². The van der Waals surface area contributed by atoms with Crippen molar-refractivity contribution in [2.24, 2.45) is 5.73 Å². The normalized spacial score (nSPS) is 21.2. The molecular formula is C10H21FN2. The maximum Gasteiger partial charge on any atom is 0.102 e. The zero-order chi connectivity index (χ0) is 9.73. The van der Waals surface area contributed by atoms with Crippen molar-refractivity contribution < 1.29 is 4.39 Å². The van der Waals surface area contributed by atoms with Gasteiger partial charge in [-0.15, -0.1) is 0 Å². The van der Waals surface area contributed by atoms with Gasteiger partial charge in [0.25, 0.3) is 0 Å². The molecule has 0 atom stereocenters. The molecule has 0 aromatic heterocycles. The number of nitrogens with two attached hydrogens (primary N) is 1. The lowest BCUT2D eigenvalue weighted by atomic mass is 9.95. The Kier molecular flexibility index (Phi) is 4.13. The summed E-state index contributed by atoms with van der Waals surface area (Å²) in [6.07, 6.45) is 4.80. The summed E-state index contributed by atoms with van der Waals surface area (Å²) >= 11 is 0. The first kappa shape index (κ1) is 10.9. The third-order valence-corrected chi connectivity index (χ3v) is 3.32. The molecule has 0 heterocycles. The van der Waals surface area contributed by atoms with Crippen LogP contribution in [0, 0.1) is 0 Å². The molecule has 1 aliphatic rings. The van der Waals surface area contributed by atoms with Crippen molar-refractivity contribution in [3.63, 3.8) is 0 Å². The van der Waals surface area contributed by atoms with Crippen molar-refractivity contribution >= 4 is 0 Å². The van der Waals surface area contributed by atoms with Crippen LogP contribution in [0.5, 0.6) is 0 Å². The molecular weight excluding hydrogens is 167 g/mol. The van der Waals surface area contributed by atoms with Crippen molar-refractivity contribution in [3.8, 4) is 0 Å². The van der Waals surface area contributed by atoms with Crippen molar-refractivity contribution in [1.82, 2.24) is 4.90 Å². The van der Waals surface area contributed by atoms with Crippen molar-refractivity contribution in [2.75, 3.05) is 26.3 Å². The minimum Gasteiger partial charge on any atom is -0.329 e. The van der Waals surface area contributed by atoms with E-state index in [0.717, 1.165) is 19.4 Å². The van der Waals surface area contributed by atoms with E-state index in [-0.39, 0.29) is 12.2 Å². The monoisotopic (exact) mass is 188 g/mol. The summed E-state index contributed by atoms with van der Waals surface area (Å²) in [6, 6.07) is 0. The van der Waals surface area contributed by atoms with Crippen LogP contribution in [-0.4, -0.2) is 36.7 Å². The van der Waals surface area contributed by atoms with Crippen molar-refractivity contribution in [2.45, 2.75) is 38.1 Å². The van der Waals surface area contributed by atoms with E-state index in [2.05, 4.69) is 11.8 Å². The van der Waals surface area contributed by atoms with Gasteiger partial charge >= 0.3 is 0 Å². The van der Waals surface area contributed by atoms with Gasteiger partial charge in [0.2, 0.25) is 0 Å². The van der Waals surface area contributed by atoms with Gasteiger partial charge in [-0.3, -0.25) is 4.90 Å². The van der Waals surface area contributed by atoms with E-state index in [1.165, 1.54) is 12.8 Å². The number of alkyl halides is 1. The van der Waals surface area contributed by atoms with Crippen molar-refractivity contribution in [1.29, 1.82) is 0 Å². The maximum atomic E-state index is 12.3. The van der Waals surface area contributed by atoms with Crippen LogP contribution in [-0.2, 0) is 0 Å². The average molecular weight is 188 g/mol. The molecule has 1 saturated carbocycles. The Morgan fingerprint density at radius 2 is 2.00 bits per heavy atom. The number of rotatable bonds is 5. The summed E-state index contributed by atoms with van der Waals surface area (Å²) in [7, 11) is 0. The summed E-state index contributed by atoms with van der Waals surface area (Å²) in [5.41, 5.74) is 5.94. The van der Waals surface area contributed by atoms with Gasteiger partial charge in [0.1, 0.15) is 6.67 Å². The lowest BCUT2D eigenvalue weighted by molar-refractivity contribution is 0.0973. The minimum atomic E-state index is -0.254. The van der Waals surface area contributed by atoms with Gasteiger partial charge in [0.05, 0.1) is 0 Å². The topological polar surface area (TPSA) is 29.3 Å². The van der Waals surface area contributed by atoms with Gasteiger partial charge < -0.3 is 5.73 Å². The molecule has 0 aromatic carbocycles. The van der Waals surface area contributed by atoms with Crippen LogP contribution >= 0.6 is 0 Å². The zero-order valence-corrected chi connectivity index (χ0v) is 8.56. The molecule has 0 unspecified atom stereocenters. The molecule has 2 N–H and O–H groups in total. The summed E-state index contributed by atoms with van der Waals surface area (Å²) in [5.74, 6) is 0. The Morgan fingerprint density at radius 3 is 2.38 bits per heavy atom. The lowest BCUT2D eigenvalue weighted by Crippen LogP contribution is -2.52. The largest absolute Gasteiger partial charge is 0.329 e. The summed E-state index contributed by atoms with van der Waals surface area (Å²) in [4.78, 5) is 2.22. The molecule has 0 aliphatic heterocycles. The van der Waals surface area contributed by atoms with Crippen molar-refractivity contribution in [3.05, 3.63) is 0 Å². The maximum absolute atomic E-state index is 12.3. The van der Waals surface area contributed by atoms with Crippen LogP contribution in [0.25, 0.3) is 0 Å². The zero-order valence-electron chi connectivity index (χ0n) is 8.56. The first-order chi connectivity index (χ1) is 6.29. The van der Waals surface area contributed by atoms with Gasteiger partial charge in [0.15, 0.2) is 0 Å². The molecule has 1 aliphatic carbocycles. The number of hydrogen-bond acceptors (Lipinski definition) is 2. The third kappa shape index (κ3) is 2.20. The predicted octanol–water partition coefficient (Wildman–Crippen LogP) is 1.55. The standard InChI is InChI=1S/C10H21FN2/c1-2-13(8-7-11)10(9-12)5-3-4-6-10/h2-9,12H2,1H3. The second-order valence-corrected chi connectivity index (χ2v) is 3.90. The molecule has 0 amide bonds. The highest BCUT2D eigenvalue weighted by molar-refractivity contribution is 4.95. The van der Waals surface area contributed by atoms with E-state index in [1.54, 1.807) is 0 Å². The molecule has 3 heteroatoms. The molecule has 0 saturated heterocycles. The van der Waals surface area contributed by atoms with Crippen LogP contribution in [0.4, 0.5) is 4.39 Å². The SMILES string of the molecule is CCN(CCF)C1(CN)CCCC1. The number of likely N-dealkylation sites (N-methyl/N-ethyl adjacent to an activating group) is 1. The molecule has 78 valence electrons. The van der Waals surface area contributed by atoms with E-state index in [0.29, 0.717) is 13.1 Å². The minimum absolute atomic E-state index is 0.126. The Morgan fingerprint density at radius 1 is 1.38 bits per heavy atom. The van der Waals surface area contributed by atoms with Crippen LogP contribution in [0.1, 0.15) is 32.6 Å². The van der Waals surface area contributed by atoms with Crippen LogP contribution in [0.3, 0.4) is 0 Å². The summed E-state index contributed by atoms with van der Waals surface area (Å²) < 4.78 is 12.3. The van der Waals surface area contributed by atoms with E-state index in [1.807, 2.05) is 0 Å². The fraction of sp³-hybridized carbons (Fsp3) is 1.00. The molecule has 13 heavy (non-hydrogen) atoms. The molecule has 0 aromatic rings. The first-order valence-electron chi connectivity index (χ1n) is 5.30. The number of hydrogen-bond donors (Lipinski definition) is 1. The Labute approximate surface area is 80.3 Å². The summed E-state index contributed by atoms with van der Waals surface area (Å²) in [6.45, 7) is 3.98. The second kappa shape index (κ2) is 4.91. The molecule has 0 bridgehead atoms.